The van der Waals surface area contributed by atoms with Crippen LogP contribution in [0.3, 0.4) is 0 Å². The Morgan fingerprint density at radius 3 is 2.31 bits per heavy atom. The molecule has 1 amide bonds. The number of methoxy groups -OCH3 is 1. The summed E-state index contributed by atoms with van der Waals surface area (Å²) in [5.41, 5.74) is 2.28. The van der Waals surface area contributed by atoms with Crippen LogP contribution in [0, 0.1) is 0 Å². The molecule has 5 heteroatoms. The Balaban J connectivity index is 1.85. The number of carbonyl (C=O) groups is 1. The third kappa shape index (κ3) is 4.07. The molecule has 26 heavy (non-hydrogen) atoms. The number of ether oxygens (including phenoxy) is 1. The van der Waals surface area contributed by atoms with E-state index >= 15 is 0 Å². The number of hydrogen-bond acceptors (Lipinski definition) is 4. The van der Waals surface area contributed by atoms with Gasteiger partial charge in [-0.3, -0.25) is 9.78 Å². The molecule has 1 heterocycles. The Morgan fingerprint density at radius 1 is 0.962 bits per heavy atom. The predicted molar refractivity (Wildman–Crippen MR) is 98.6 cm³/mol. The molecule has 0 aliphatic carbocycles. The fourth-order valence-corrected chi connectivity index (χ4v) is 2.74. The van der Waals surface area contributed by atoms with Crippen LogP contribution in [0.1, 0.15) is 28.8 Å². The highest BCUT2D eigenvalue weighted by molar-refractivity contribution is 5.82. The average Bonchev–Trinajstić information content (AvgIpc) is 2.72. The van der Waals surface area contributed by atoms with Gasteiger partial charge in [-0.05, 0) is 41.0 Å². The van der Waals surface area contributed by atoms with Crippen molar-refractivity contribution in [3.8, 4) is 5.75 Å². The molecule has 132 valence electrons. The highest BCUT2D eigenvalue weighted by Crippen LogP contribution is 2.24. The number of nitrogens with zero attached hydrogens (tertiary/aromatic N) is 1. The summed E-state index contributed by atoms with van der Waals surface area (Å²) in [6, 6.07) is 19.7. The molecule has 0 spiro atoms. The molecule has 3 aromatic rings. The van der Waals surface area contributed by atoms with Gasteiger partial charge in [-0.25, -0.2) is 0 Å². The molecule has 1 aromatic heterocycles. The molecule has 2 atom stereocenters. The third-order valence-corrected chi connectivity index (χ3v) is 4.12. The maximum Gasteiger partial charge on any atom is 0.254 e. The maximum atomic E-state index is 12.7. The lowest BCUT2D eigenvalue weighted by molar-refractivity contribution is -0.130. The summed E-state index contributed by atoms with van der Waals surface area (Å²) in [6.45, 7) is 0. The van der Waals surface area contributed by atoms with Crippen molar-refractivity contribution < 1.29 is 14.6 Å². The first kappa shape index (κ1) is 17.6. The molecule has 2 aromatic carbocycles. The second-order valence-electron chi connectivity index (χ2n) is 5.81. The van der Waals surface area contributed by atoms with Gasteiger partial charge in [0.2, 0.25) is 0 Å². The van der Waals surface area contributed by atoms with Gasteiger partial charge in [0.05, 0.1) is 13.2 Å². The molecule has 0 aliphatic rings. The molecule has 0 aliphatic heterocycles. The lowest BCUT2D eigenvalue weighted by Crippen LogP contribution is -2.33. The van der Waals surface area contributed by atoms with Crippen molar-refractivity contribution in [2.45, 2.75) is 12.1 Å². The van der Waals surface area contributed by atoms with Crippen molar-refractivity contribution in [3.05, 3.63) is 95.8 Å². The lowest BCUT2D eigenvalue weighted by Gasteiger charge is -2.22. The van der Waals surface area contributed by atoms with Crippen LogP contribution in [0.25, 0.3) is 0 Å². The smallest absolute Gasteiger partial charge is 0.254 e. The summed E-state index contributed by atoms with van der Waals surface area (Å²) in [5, 5.41) is 13.4. The van der Waals surface area contributed by atoms with Gasteiger partial charge in [0, 0.05) is 12.4 Å². The van der Waals surface area contributed by atoms with Crippen LogP contribution in [0.4, 0.5) is 0 Å². The van der Waals surface area contributed by atoms with Gasteiger partial charge in [-0.2, -0.15) is 0 Å². The number of carbonyl (C=O) groups excluding carboxylic acids is 1. The van der Waals surface area contributed by atoms with Crippen molar-refractivity contribution in [3.63, 3.8) is 0 Å². The first-order valence-electron chi connectivity index (χ1n) is 8.26. The van der Waals surface area contributed by atoms with Crippen LogP contribution in [0.15, 0.2) is 79.1 Å². The number of nitrogens with one attached hydrogen (secondary N) is 1. The van der Waals surface area contributed by atoms with E-state index in [1.165, 1.54) is 0 Å². The van der Waals surface area contributed by atoms with Crippen LogP contribution in [-0.4, -0.2) is 23.1 Å². The second-order valence-corrected chi connectivity index (χ2v) is 5.81. The van der Waals surface area contributed by atoms with Gasteiger partial charge < -0.3 is 15.2 Å². The van der Waals surface area contributed by atoms with Gasteiger partial charge in [-0.15, -0.1) is 0 Å². The summed E-state index contributed by atoms with van der Waals surface area (Å²) in [7, 11) is 1.54. The van der Waals surface area contributed by atoms with E-state index < -0.39 is 12.0 Å². The molecular formula is C21H20N2O3. The minimum atomic E-state index is -1.29. The van der Waals surface area contributed by atoms with Crippen LogP contribution in [-0.2, 0) is 4.79 Å². The minimum Gasteiger partial charge on any atom is -0.497 e. The Morgan fingerprint density at radius 2 is 1.62 bits per heavy atom. The summed E-state index contributed by atoms with van der Waals surface area (Å²) in [4.78, 5) is 16.7. The first-order valence-corrected chi connectivity index (χ1v) is 8.26. The van der Waals surface area contributed by atoms with Crippen molar-refractivity contribution in [1.82, 2.24) is 10.3 Å². The van der Waals surface area contributed by atoms with Gasteiger partial charge >= 0.3 is 0 Å². The molecule has 0 saturated heterocycles. The summed E-state index contributed by atoms with van der Waals surface area (Å²) < 4.78 is 5.15. The van der Waals surface area contributed by atoms with Crippen LogP contribution >= 0.6 is 0 Å². The lowest BCUT2D eigenvalue weighted by atomic mass is 9.99. The molecule has 0 radical (unpaired) electrons. The van der Waals surface area contributed by atoms with E-state index in [9.17, 15) is 9.90 Å². The van der Waals surface area contributed by atoms with E-state index in [0.29, 0.717) is 11.3 Å². The highest BCUT2D eigenvalue weighted by Gasteiger charge is 2.23. The monoisotopic (exact) mass is 348 g/mol. The van der Waals surface area contributed by atoms with E-state index in [-0.39, 0.29) is 6.04 Å². The van der Waals surface area contributed by atoms with Gasteiger partial charge in [-0.1, -0.05) is 42.5 Å². The molecule has 0 fully saturated rings. The van der Waals surface area contributed by atoms with E-state index in [1.807, 2.05) is 42.5 Å². The second kappa shape index (κ2) is 8.27. The largest absolute Gasteiger partial charge is 0.497 e. The Labute approximate surface area is 152 Å². The van der Waals surface area contributed by atoms with E-state index in [2.05, 4.69) is 10.3 Å². The maximum absolute atomic E-state index is 12.7. The summed E-state index contributed by atoms with van der Waals surface area (Å²) >= 11 is 0. The van der Waals surface area contributed by atoms with Crippen molar-refractivity contribution in [1.29, 1.82) is 0 Å². The zero-order valence-electron chi connectivity index (χ0n) is 14.4. The van der Waals surface area contributed by atoms with E-state index in [4.69, 9.17) is 4.74 Å². The normalized spacial score (nSPS) is 12.8. The standard InChI is InChI=1S/C21H20N2O3/c1-26-18-9-5-8-17(14-18)20(24)21(25)23-19(15-6-3-2-4-7-15)16-10-12-22-13-11-16/h2-14,19-20,24H,1H3,(H,23,25). The number of benzene rings is 2. The number of aliphatic hydroxyl groups is 1. The SMILES string of the molecule is COc1cccc(C(O)C(=O)NC(c2ccccc2)c2ccncc2)c1. The number of rotatable bonds is 6. The number of amides is 1. The molecule has 0 bridgehead atoms. The van der Waals surface area contributed by atoms with Crippen LogP contribution in [0.2, 0.25) is 0 Å². The van der Waals surface area contributed by atoms with E-state index in [1.54, 1.807) is 43.8 Å². The topological polar surface area (TPSA) is 71.5 Å². The zero-order valence-corrected chi connectivity index (χ0v) is 14.4. The van der Waals surface area contributed by atoms with Crippen molar-refractivity contribution in [2.24, 2.45) is 0 Å². The fourth-order valence-electron chi connectivity index (χ4n) is 2.74. The van der Waals surface area contributed by atoms with Crippen LogP contribution < -0.4 is 10.1 Å². The highest BCUT2D eigenvalue weighted by atomic mass is 16.5. The zero-order chi connectivity index (χ0) is 18.4. The summed E-state index contributed by atoms with van der Waals surface area (Å²) in [6.07, 6.45) is 2.06. The van der Waals surface area contributed by atoms with Crippen molar-refractivity contribution >= 4 is 5.91 Å². The Bertz CT molecular complexity index is 814. The van der Waals surface area contributed by atoms with Crippen LogP contribution in [0.5, 0.6) is 5.75 Å². The molecule has 2 unspecified atom stereocenters. The number of aliphatic hydroxyl groups excluding tert-OH is 1. The molecule has 5 nitrogen and oxygen atoms in total. The third-order valence-electron chi connectivity index (χ3n) is 4.12. The number of hydrogen-bond donors (Lipinski definition) is 2. The molecule has 3 rings (SSSR count). The fraction of sp³-hybridized carbons (Fsp3) is 0.143. The number of aromatic nitrogens is 1. The van der Waals surface area contributed by atoms with Gasteiger partial charge in [0.1, 0.15) is 5.75 Å². The van der Waals surface area contributed by atoms with Crippen molar-refractivity contribution in [2.75, 3.05) is 7.11 Å². The first-order chi connectivity index (χ1) is 12.7. The predicted octanol–water partition coefficient (Wildman–Crippen LogP) is 3.03. The average molecular weight is 348 g/mol. The van der Waals surface area contributed by atoms with Gasteiger partial charge in [0.15, 0.2) is 6.10 Å². The van der Waals surface area contributed by atoms with Gasteiger partial charge in [0.25, 0.3) is 5.91 Å². The summed E-state index contributed by atoms with van der Waals surface area (Å²) in [5.74, 6) is 0.104. The minimum absolute atomic E-state index is 0.382. The Hall–Kier alpha value is -3.18. The van der Waals surface area contributed by atoms with E-state index in [0.717, 1.165) is 11.1 Å². The quantitative estimate of drug-likeness (QED) is 0.718. The number of pyridine rings is 1. The molecule has 0 saturated carbocycles. The Kier molecular flexibility index (Phi) is 5.61. The molecule has 2 N–H and O–H groups in total. The molecular weight excluding hydrogens is 328 g/mol.